The highest BCUT2D eigenvalue weighted by Gasteiger charge is 2.12. The summed E-state index contributed by atoms with van der Waals surface area (Å²) in [6, 6.07) is 17.7. The average molecular weight is 374 g/mol. The maximum Gasteiger partial charge on any atom is 0.339 e. The van der Waals surface area contributed by atoms with E-state index in [1.165, 1.54) is 11.3 Å². The molecule has 0 fully saturated rings. The molecule has 5 heteroatoms. The number of nitrogens with one attached hydrogen (secondary N) is 2. The third kappa shape index (κ3) is 4.14. The van der Waals surface area contributed by atoms with Crippen molar-refractivity contribution < 1.29 is 4.79 Å². The number of aromatic nitrogens is 1. The number of benzene rings is 2. The van der Waals surface area contributed by atoms with Crippen molar-refractivity contribution in [2.24, 2.45) is 5.10 Å². The van der Waals surface area contributed by atoms with Crippen molar-refractivity contribution in [3.8, 4) is 5.69 Å². The first kappa shape index (κ1) is 19.4. The van der Waals surface area contributed by atoms with E-state index in [0.717, 1.165) is 34.6 Å². The Morgan fingerprint density at radius 1 is 1.07 bits per heavy atom. The second-order valence-electron chi connectivity index (χ2n) is 6.78. The van der Waals surface area contributed by atoms with E-state index in [4.69, 9.17) is 0 Å². The molecule has 28 heavy (non-hydrogen) atoms. The molecule has 0 aliphatic rings. The number of hydrazone groups is 1. The van der Waals surface area contributed by atoms with Gasteiger partial charge in [-0.3, -0.25) is 0 Å². The maximum absolute atomic E-state index is 12.1. The smallest absolute Gasteiger partial charge is 0.318 e. The summed E-state index contributed by atoms with van der Waals surface area (Å²) in [6.07, 6.45) is 2.65. The minimum atomic E-state index is -0.365. The molecule has 2 amide bonds. The number of carbonyl (C=O) groups excluding carboxylic acids is 1. The fourth-order valence-electron chi connectivity index (χ4n) is 3.34. The molecule has 0 atom stereocenters. The summed E-state index contributed by atoms with van der Waals surface area (Å²) in [5.74, 6) is 0. The largest absolute Gasteiger partial charge is 0.339 e. The molecule has 2 N–H and O–H groups in total. The highest BCUT2D eigenvalue weighted by Crippen LogP contribution is 2.23. The Labute approximate surface area is 166 Å². The number of amides is 2. The first-order chi connectivity index (χ1) is 13.5. The number of hydrogen-bond acceptors (Lipinski definition) is 2. The van der Waals surface area contributed by atoms with Gasteiger partial charge in [-0.25, -0.2) is 10.2 Å². The standard InChI is InChI=1S/C23H26N4O/c1-5-19-11-7-9-13-22(19)27-17(3)14-20(18(27)4)15-24-26-23(28)25-21-12-8-6-10-16(21)2/h6-15H,5H2,1-4H3,(H2,25,26,28)/b24-15+. The monoisotopic (exact) mass is 374 g/mol. The quantitative estimate of drug-likeness (QED) is 0.472. The van der Waals surface area contributed by atoms with E-state index in [9.17, 15) is 4.79 Å². The molecule has 3 rings (SSSR count). The number of anilines is 1. The lowest BCUT2D eigenvalue weighted by atomic mass is 10.1. The molecule has 0 unspecified atom stereocenters. The van der Waals surface area contributed by atoms with Gasteiger partial charge in [0.15, 0.2) is 0 Å². The Morgan fingerprint density at radius 3 is 2.54 bits per heavy atom. The van der Waals surface area contributed by atoms with E-state index >= 15 is 0 Å². The molecule has 0 radical (unpaired) electrons. The molecule has 5 nitrogen and oxygen atoms in total. The zero-order valence-corrected chi connectivity index (χ0v) is 16.8. The summed E-state index contributed by atoms with van der Waals surface area (Å²) in [5.41, 5.74) is 9.97. The lowest BCUT2D eigenvalue weighted by molar-refractivity contribution is 0.252. The fourth-order valence-corrected chi connectivity index (χ4v) is 3.34. The summed E-state index contributed by atoms with van der Waals surface area (Å²) < 4.78 is 2.23. The third-order valence-corrected chi connectivity index (χ3v) is 4.85. The highest BCUT2D eigenvalue weighted by molar-refractivity contribution is 5.91. The van der Waals surface area contributed by atoms with Crippen molar-refractivity contribution in [2.75, 3.05) is 5.32 Å². The van der Waals surface area contributed by atoms with E-state index in [2.05, 4.69) is 71.5 Å². The minimum absolute atomic E-state index is 0.365. The Morgan fingerprint density at radius 2 is 1.79 bits per heavy atom. The molecule has 144 valence electrons. The normalized spacial score (nSPS) is 11.0. The molecule has 0 bridgehead atoms. The van der Waals surface area contributed by atoms with E-state index in [0.29, 0.717) is 0 Å². The second-order valence-corrected chi connectivity index (χ2v) is 6.78. The molecule has 0 aliphatic carbocycles. The van der Waals surface area contributed by atoms with Gasteiger partial charge in [-0.15, -0.1) is 0 Å². The van der Waals surface area contributed by atoms with Gasteiger partial charge < -0.3 is 9.88 Å². The van der Waals surface area contributed by atoms with Crippen molar-refractivity contribution in [1.82, 2.24) is 9.99 Å². The summed E-state index contributed by atoms with van der Waals surface area (Å²) in [6.45, 7) is 8.25. The molecule has 2 aromatic carbocycles. The molecule has 1 heterocycles. The maximum atomic E-state index is 12.1. The van der Waals surface area contributed by atoms with Crippen LogP contribution in [0.15, 0.2) is 59.7 Å². The first-order valence-electron chi connectivity index (χ1n) is 9.44. The number of hydrogen-bond donors (Lipinski definition) is 2. The summed E-state index contributed by atoms with van der Waals surface area (Å²) >= 11 is 0. The van der Waals surface area contributed by atoms with E-state index < -0.39 is 0 Å². The van der Waals surface area contributed by atoms with Gasteiger partial charge in [-0.1, -0.05) is 43.3 Å². The van der Waals surface area contributed by atoms with Crippen molar-refractivity contribution in [2.45, 2.75) is 34.1 Å². The van der Waals surface area contributed by atoms with Crippen molar-refractivity contribution >= 4 is 17.9 Å². The van der Waals surface area contributed by atoms with E-state index in [1.807, 2.05) is 31.2 Å². The Kier molecular flexibility index (Phi) is 5.94. The van der Waals surface area contributed by atoms with Crippen LogP contribution in [-0.4, -0.2) is 16.8 Å². The molecular formula is C23H26N4O. The summed E-state index contributed by atoms with van der Waals surface area (Å²) in [5, 5.41) is 6.92. The van der Waals surface area contributed by atoms with Gasteiger partial charge in [-0.2, -0.15) is 5.10 Å². The molecule has 0 aliphatic heterocycles. The van der Waals surface area contributed by atoms with Crippen LogP contribution in [0.3, 0.4) is 0 Å². The van der Waals surface area contributed by atoms with Gasteiger partial charge in [-0.05, 0) is 56.5 Å². The van der Waals surface area contributed by atoms with Gasteiger partial charge in [0, 0.05) is 28.3 Å². The van der Waals surface area contributed by atoms with Crippen LogP contribution in [0.25, 0.3) is 5.69 Å². The van der Waals surface area contributed by atoms with Crippen LogP contribution in [0.1, 0.15) is 35.0 Å². The predicted octanol–water partition coefficient (Wildman–Crippen LogP) is 5.12. The molecule has 0 saturated heterocycles. The molecule has 0 spiro atoms. The Bertz CT molecular complexity index is 1020. The van der Waals surface area contributed by atoms with Gasteiger partial charge in [0.05, 0.1) is 6.21 Å². The van der Waals surface area contributed by atoms with Gasteiger partial charge >= 0.3 is 6.03 Å². The lowest BCUT2D eigenvalue weighted by Gasteiger charge is -2.13. The van der Waals surface area contributed by atoms with Crippen LogP contribution in [0.2, 0.25) is 0 Å². The first-order valence-corrected chi connectivity index (χ1v) is 9.44. The number of urea groups is 1. The average Bonchev–Trinajstić information content (AvgIpc) is 2.97. The molecule has 0 saturated carbocycles. The minimum Gasteiger partial charge on any atom is -0.318 e. The third-order valence-electron chi connectivity index (χ3n) is 4.85. The zero-order valence-electron chi connectivity index (χ0n) is 16.8. The van der Waals surface area contributed by atoms with Gasteiger partial charge in [0.2, 0.25) is 0 Å². The number of rotatable bonds is 5. The van der Waals surface area contributed by atoms with Crippen molar-refractivity contribution in [1.29, 1.82) is 0 Å². The van der Waals surface area contributed by atoms with E-state index in [1.54, 1.807) is 6.21 Å². The predicted molar refractivity (Wildman–Crippen MR) is 116 cm³/mol. The molecule has 3 aromatic rings. The van der Waals surface area contributed by atoms with Gasteiger partial charge in [0.1, 0.15) is 0 Å². The summed E-state index contributed by atoms with van der Waals surface area (Å²) in [4.78, 5) is 12.1. The second kappa shape index (κ2) is 8.57. The Hall–Kier alpha value is -3.34. The summed E-state index contributed by atoms with van der Waals surface area (Å²) in [7, 11) is 0. The lowest BCUT2D eigenvalue weighted by Crippen LogP contribution is -2.24. The van der Waals surface area contributed by atoms with Crippen LogP contribution in [0.4, 0.5) is 10.5 Å². The number of carbonyl (C=O) groups is 1. The number of para-hydroxylation sites is 2. The fraction of sp³-hybridized carbons (Fsp3) is 0.217. The number of nitrogens with zero attached hydrogens (tertiary/aromatic N) is 2. The Balaban J connectivity index is 1.75. The van der Waals surface area contributed by atoms with Crippen LogP contribution in [0, 0.1) is 20.8 Å². The van der Waals surface area contributed by atoms with Crippen LogP contribution < -0.4 is 10.7 Å². The van der Waals surface area contributed by atoms with Gasteiger partial charge in [0.25, 0.3) is 0 Å². The molecular weight excluding hydrogens is 348 g/mol. The van der Waals surface area contributed by atoms with Crippen molar-refractivity contribution in [3.05, 3.63) is 82.7 Å². The number of aryl methyl sites for hydroxylation is 3. The van der Waals surface area contributed by atoms with Crippen LogP contribution in [0.5, 0.6) is 0 Å². The van der Waals surface area contributed by atoms with Crippen LogP contribution in [-0.2, 0) is 6.42 Å². The topological polar surface area (TPSA) is 58.4 Å². The SMILES string of the molecule is CCc1ccccc1-n1c(C)cc(/C=N/NC(=O)Nc2ccccc2C)c1C. The van der Waals surface area contributed by atoms with Crippen LogP contribution >= 0.6 is 0 Å². The zero-order chi connectivity index (χ0) is 20.1. The van der Waals surface area contributed by atoms with Crippen molar-refractivity contribution in [3.63, 3.8) is 0 Å². The van der Waals surface area contributed by atoms with E-state index in [-0.39, 0.29) is 6.03 Å². The molecule has 1 aromatic heterocycles. The highest BCUT2D eigenvalue weighted by atomic mass is 16.2.